The number of carboxylic acids is 2. The number of nitrogens with one attached hydrogen (secondary N) is 7. The summed E-state index contributed by atoms with van der Waals surface area (Å²) in [4.78, 5) is 148. The van der Waals surface area contributed by atoms with Gasteiger partial charge in [0, 0.05) is 26.4 Å². The number of aliphatic carboxylic acids is 2. The number of phenolic OH excluding ortho intramolecular Hbond substituents is 1. The van der Waals surface area contributed by atoms with Crippen LogP contribution >= 0.6 is 0 Å². The normalized spacial score (nSPS) is 14.6. The molecule has 0 heterocycles. The summed E-state index contributed by atoms with van der Waals surface area (Å²) in [6.07, 6.45) is -0.469. The van der Waals surface area contributed by atoms with Crippen molar-refractivity contribution in [3.63, 3.8) is 0 Å². The third-order valence-corrected chi connectivity index (χ3v) is 11.2. The fourth-order valence-electron chi connectivity index (χ4n) is 6.79. The number of guanidine groups is 1. The van der Waals surface area contributed by atoms with Gasteiger partial charge in [-0.3, -0.25) is 57.7 Å². The highest BCUT2D eigenvalue weighted by Gasteiger charge is 2.35. The van der Waals surface area contributed by atoms with Crippen molar-refractivity contribution >= 4 is 71.1 Å². The number of nitrogens with two attached hydrogens (primary N) is 5. The summed E-state index contributed by atoms with van der Waals surface area (Å²) < 4.78 is 0. The number of phenols is 1. The molecule has 28 heteroatoms. The number of amides is 9. The summed E-state index contributed by atoms with van der Waals surface area (Å²) in [5, 5.41) is 45.6. The van der Waals surface area contributed by atoms with Gasteiger partial charge in [0.05, 0.1) is 19.0 Å². The van der Waals surface area contributed by atoms with Crippen molar-refractivity contribution in [3.8, 4) is 5.75 Å². The molecular formula is C45H74N14O14. The minimum absolute atomic E-state index is 0.00963. The van der Waals surface area contributed by atoms with E-state index in [-0.39, 0.29) is 37.5 Å². The molecule has 0 aliphatic heterocycles. The van der Waals surface area contributed by atoms with Gasteiger partial charge in [0.1, 0.15) is 48.0 Å². The van der Waals surface area contributed by atoms with Crippen LogP contribution in [0.3, 0.4) is 0 Å². The van der Waals surface area contributed by atoms with E-state index in [1.807, 2.05) is 0 Å². The fraction of sp³-hybridized carbons (Fsp3) is 0.600. The number of unbranched alkanes of at least 4 members (excludes halogenated alkanes) is 1. The predicted molar refractivity (Wildman–Crippen MR) is 263 cm³/mol. The van der Waals surface area contributed by atoms with Gasteiger partial charge in [-0.05, 0) is 76.1 Å². The molecule has 0 fully saturated rings. The third-order valence-electron chi connectivity index (χ3n) is 11.2. The van der Waals surface area contributed by atoms with E-state index < -0.39 is 145 Å². The SMILES string of the molecule is CC[C@H](C)[C@H](NC(=O)[C@H](CCCN=C(N)N)NC(=O)[C@H](CCC(=O)O)NC(=O)[C@H](C)NC(=O)[C@H](Cc1ccc(O)cc1)NC(=O)[C@H](CC(N)=O)NC(=O)CN(C)C(=O)[C@@H](N)CCCCN)C(=O)N[C@@H](C)C(=O)O. The van der Waals surface area contributed by atoms with Gasteiger partial charge < -0.3 is 86.1 Å². The highest BCUT2D eigenvalue weighted by atomic mass is 16.4. The van der Waals surface area contributed by atoms with Gasteiger partial charge in [-0.1, -0.05) is 38.8 Å². The number of aliphatic imine (C=N–C) groups is 1. The average Bonchev–Trinajstić information content (AvgIpc) is 3.31. The van der Waals surface area contributed by atoms with Crippen LogP contribution in [0.4, 0.5) is 0 Å². The quantitative estimate of drug-likeness (QED) is 0.0175. The molecule has 0 radical (unpaired) electrons. The van der Waals surface area contributed by atoms with Gasteiger partial charge >= 0.3 is 11.9 Å². The van der Waals surface area contributed by atoms with Crippen LogP contribution in [-0.4, -0.2) is 166 Å². The van der Waals surface area contributed by atoms with Gasteiger partial charge in [-0.25, -0.2) is 0 Å². The summed E-state index contributed by atoms with van der Waals surface area (Å²) in [6, 6.07) is -5.97. The van der Waals surface area contributed by atoms with E-state index in [2.05, 4.69) is 42.2 Å². The number of hydrogen-bond acceptors (Lipinski definition) is 15. The lowest BCUT2D eigenvalue weighted by Crippen LogP contribution is -2.60. The van der Waals surface area contributed by atoms with Crippen molar-refractivity contribution in [2.45, 2.75) is 140 Å². The maximum atomic E-state index is 13.9. The maximum Gasteiger partial charge on any atom is 0.325 e. The van der Waals surface area contributed by atoms with Crippen LogP contribution in [-0.2, 0) is 59.2 Å². The number of carboxylic acid groups (broad SMARTS) is 2. The molecular weight excluding hydrogens is 961 g/mol. The summed E-state index contributed by atoms with van der Waals surface area (Å²) >= 11 is 0. The predicted octanol–water partition coefficient (Wildman–Crippen LogP) is -4.79. The number of hydrogen-bond donors (Lipinski definition) is 15. The molecule has 28 nitrogen and oxygen atoms in total. The van der Waals surface area contributed by atoms with Gasteiger partial charge in [-0.2, -0.15) is 0 Å². The van der Waals surface area contributed by atoms with E-state index in [0.29, 0.717) is 37.8 Å². The number of carbonyl (C=O) groups excluding carboxylic acids is 9. The largest absolute Gasteiger partial charge is 0.508 e. The van der Waals surface area contributed by atoms with Crippen LogP contribution in [0.25, 0.3) is 0 Å². The van der Waals surface area contributed by atoms with Crippen LogP contribution in [0.5, 0.6) is 5.75 Å². The highest BCUT2D eigenvalue weighted by Crippen LogP contribution is 2.14. The number of carbonyl (C=O) groups is 11. The standard InChI is InChI=1S/C45H74N14O14/c1-6-23(2)36(42(70)53-25(4)44(72)73)58-39(67)29(11-9-19-51-45(49)50)56-38(66)30(16-17-35(63)64)55-37(65)24(3)52-40(68)31(20-26-12-14-27(60)15-13-26)57-41(69)32(21-33(48)61)54-34(62)22-59(5)43(71)28(47)10-7-8-18-46/h12-15,23-25,28-32,36,60H,6-11,16-22,46-47H2,1-5H3,(H2,48,61)(H,52,68)(H,53,70)(H,54,62)(H,55,65)(H,56,66)(H,57,69)(H,58,67)(H,63,64)(H,72,73)(H4,49,50,51)/t23-,24-,25-,28-,29-,30-,31-,32-,36-/m0/s1. The topological polar surface area (TPSA) is 478 Å². The smallest absolute Gasteiger partial charge is 0.325 e. The Morgan fingerprint density at radius 2 is 1.21 bits per heavy atom. The molecule has 1 rings (SSSR count). The summed E-state index contributed by atoms with van der Waals surface area (Å²) in [5.41, 5.74) is 28.1. The fourth-order valence-corrected chi connectivity index (χ4v) is 6.79. The monoisotopic (exact) mass is 1030 g/mol. The number of benzene rings is 1. The zero-order valence-electron chi connectivity index (χ0n) is 41.8. The van der Waals surface area contributed by atoms with Crippen molar-refractivity contribution in [1.29, 1.82) is 0 Å². The Balaban J connectivity index is 3.44. The van der Waals surface area contributed by atoms with E-state index >= 15 is 0 Å². The van der Waals surface area contributed by atoms with Crippen LogP contribution in [0, 0.1) is 5.92 Å². The van der Waals surface area contributed by atoms with Gasteiger partial charge in [0.2, 0.25) is 53.2 Å². The van der Waals surface area contributed by atoms with Crippen LogP contribution in [0.1, 0.15) is 91.0 Å². The maximum absolute atomic E-state index is 13.9. The van der Waals surface area contributed by atoms with Crippen molar-refractivity contribution in [2.24, 2.45) is 39.6 Å². The number of rotatable bonds is 34. The van der Waals surface area contributed by atoms with Gasteiger partial charge in [0.25, 0.3) is 0 Å². The molecule has 0 bridgehead atoms. The molecule has 9 amide bonds. The van der Waals surface area contributed by atoms with E-state index in [9.17, 15) is 68.1 Å². The van der Waals surface area contributed by atoms with Gasteiger partial charge in [-0.15, -0.1) is 0 Å². The second-order valence-electron chi connectivity index (χ2n) is 17.5. The zero-order chi connectivity index (χ0) is 55.5. The number of likely N-dealkylation sites (N-methyl/N-ethyl adjacent to an activating group) is 1. The molecule has 0 aromatic heterocycles. The number of primary amides is 1. The Hall–Kier alpha value is -7.62. The molecule has 0 saturated carbocycles. The summed E-state index contributed by atoms with van der Waals surface area (Å²) in [7, 11) is 1.31. The minimum Gasteiger partial charge on any atom is -0.508 e. The van der Waals surface area contributed by atoms with Gasteiger partial charge in [0.15, 0.2) is 5.96 Å². The van der Waals surface area contributed by atoms with E-state index in [1.54, 1.807) is 13.8 Å². The molecule has 0 aliphatic carbocycles. The van der Waals surface area contributed by atoms with Crippen molar-refractivity contribution in [2.75, 3.05) is 26.7 Å². The van der Waals surface area contributed by atoms with Crippen LogP contribution in [0.15, 0.2) is 29.3 Å². The number of aromatic hydroxyl groups is 1. The first-order chi connectivity index (χ1) is 34.2. The van der Waals surface area contributed by atoms with E-state index in [4.69, 9.17) is 28.7 Å². The Labute approximate surface area is 422 Å². The van der Waals surface area contributed by atoms with Crippen molar-refractivity contribution < 1.29 is 68.1 Å². The highest BCUT2D eigenvalue weighted by molar-refractivity contribution is 5.98. The van der Waals surface area contributed by atoms with E-state index in [0.717, 1.165) is 4.90 Å². The second-order valence-corrected chi connectivity index (χ2v) is 17.5. The molecule has 20 N–H and O–H groups in total. The average molecular weight is 1040 g/mol. The molecule has 0 unspecified atom stereocenters. The number of nitrogens with zero attached hydrogens (tertiary/aromatic N) is 2. The van der Waals surface area contributed by atoms with E-state index in [1.165, 1.54) is 45.2 Å². The molecule has 1 aromatic carbocycles. The Morgan fingerprint density at radius 3 is 1.77 bits per heavy atom. The summed E-state index contributed by atoms with van der Waals surface area (Å²) in [6.45, 7) is 5.57. The molecule has 73 heavy (non-hydrogen) atoms. The first-order valence-corrected chi connectivity index (χ1v) is 23.6. The molecule has 0 aliphatic rings. The lowest BCUT2D eigenvalue weighted by molar-refractivity contribution is -0.142. The first-order valence-electron chi connectivity index (χ1n) is 23.6. The summed E-state index contributed by atoms with van der Waals surface area (Å²) in [5.74, 6) is -12.0. The minimum atomic E-state index is -1.67. The lowest BCUT2D eigenvalue weighted by Gasteiger charge is -2.28. The Kier molecular flexibility index (Phi) is 28.1. The Morgan fingerprint density at radius 1 is 0.658 bits per heavy atom. The molecule has 408 valence electrons. The lowest BCUT2D eigenvalue weighted by atomic mass is 9.97. The molecule has 0 saturated heterocycles. The third kappa shape index (κ3) is 24.4. The second kappa shape index (κ2) is 32.4. The van der Waals surface area contributed by atoms with Crippen molar-refractivity contribution in [1.82, 2.24) is 42.1 Å². The van der Waals surface area contributed by atoms with Crippen molar-refractivity contribution in [3.05, 3.63) is 29.8 Å². The molecule has 9 atom stereocenters. The molecule has 1 aromatic rings. The Bertz CT molecular complexity index is 2110. The molecule has 0 spiro atoms. The first kappa shape index (κ1) is 63.4. The zero-order valence-corrected chi connectivity index (χ0v) is 41.8. The van der Waals surface area contributed by atoms with Crippen LogP contribution < -0.4 is 65.9 Å². The van der Waals surface area contributed by atoms with Crippen LogP contribution in [0.2, 0.25) is 0 Å².